The van der Waals surface area contributed by atoms with Crippen molar-refractivity contribution in [3.8, 4) is 11.5 Å². The van der Waals surface area contributed by atoms with Gasteiger partial charge in [-0.05, 0) is 40.7 Å². The largest absolute Gasteiger partial charge is 0.493 e. The zero-order chi connectivity index (χ0) is 21.8. The van der Waals surface area contributed by atoms with Crippen LogP contribution in [-0.4, -0.2) is 33.2 Å². The molecule has 2 aromatic rings. The van der Waals surface area contributed by atoms with Gasteiger partial charge in [0.15, 0.2) is 18.0 Å². The average molecular weight is 412 g/mol. The van der Waals surface area contributed by atoms with E-state index in [9.17, 15) is 4.79 Å². The van der Waals surface area contributed by atoms with Crippen LogP contribution in [0.3, 0.4) is 0 Å². The maximum Gasteiger partial charge on any atom is 0.279 e. The molecule has 0 radical (unpaired) electrons. The fraction of sp³-hybridized carbons (Fsp3) is 0.480. The van der Waals surface area contributed by atoms with Gasteiger partial charge in [0.2, 0.25) is 0 Å². The Kier molecular flexibility index (Phi) is 7.03. The third-order valence-corrected chi connectivity index (χ3v) is 5.94. The third-order valence-electron chi connectivity index (χ3n) is 5.94. The quantitative estimate of drug-likeness (QED) is 0.733. The number of fused-ring (bicyclic) bond motifs is 1. The van der Waals surface area contributed by atoms with Crippen LogP contribution in [-0.2, 0) is 17.8 Å². The number of carbonyl (C=O) groups is 1. The Morgan fingerprint density at radius 1 is 1.00 bits per heavy atom. The summed E-state index contributed by atoms with van der Waals surface area (Å²) < 4.78 is 10.9. The van der Waals surface area contributed by atoms with Gasteiger partial charge >= 0.3 is 0 Å². The highest BCUT2D eigenvalue weighted by Crippen LogP contribution is 2.33. The molecule has 2 aromatic carbocycles. The van der Waals surface area contributed by atoms with Crippen molar-refractivity contribution in [2.45, 2.75) is 52.5 Å². The molecule has 0 aromatic heterocycles. The normalized spacial score (nSPS) is 15.8. The van der Waals surface area contributed by atoms with Gasteiger partial charge in [-0.2, -0.15) is 0 Å². The van der Waals surface area contributed by atoms with Crippen molar-refractivity contribution in [2.75, 3.05) is 32.6 Å². The molecule has 1 unspecified atom stereocenters. The number of para-hydroxylation sites is 1. The van der Waals surface area contributed by atoms with Gasteiger partial charge in [0.1, 0.15) is 6.54 Å². The van der Waals surface area contributed by atoms with Crippen LogP contribution < -0.4 is 19.7 Å². The lowest BCUT2D eigenvalue weighted by Gasteiger charge is -2.27. The lowest BCUT2D eigenvalue weighted by atomic mass is 9.92. The fourth-order valence-electron chi connectivity index (χ4n) is 4.29. The number of rotatable bonds is 7. The topological polar surface area (TPSA) is 52.0 Å². The summed E-state index contributed by atoms with van der Waals surface area (Å²) in [5.41, 5.74) is 5.91. The molecule has 1 aliphatic heterocycles. The van der Waals surface area contributed by atoms with Crippen molar-refractivity contribution in [2.24, 2.45) is 0 Å². The van der Waals surface area contributed by atoms with Gasteiger partial charge in [0.05, 0.1) is 20.8 Å². The molecule has 0 saturated heterocycles. The van der Waals surface area contributed by atoms with Crippen LogP contribution in [0.2, 0.25) is 0 Å². The predicted molar refractivity (Wildman–Crippen MR) is 121 cm³/mol. The summed E-state index contributed by atoms with van der Waals surface area (Å²) in [6.07, 6.45) is 0.929. The van der Waals surface area contributed by atoms with Gasteiger partial charge in [-0.25, -0.2) is 0 Å². The van der Waals surface area contributed by atoms with E-state index in [1.165, 1.54) is 27.2 Å². The zero-order valence-corrected chi connectivity index (χ0v) is 19.1. The molecular weight excluding hydrogens is 376 g/mol. The first-order chi connectivity index (χ1) is 14.3. The van der Waals surface area contributed by atoms with E-state index in [4.69, 9.17) is 9.47 Å². The Bertz CT molecular complexity index is 879. The Balaban J connectivity index is 1.74. The molecule has 1 amide bonds. The lowest BCUT2D eigenvalue weighted by molar-refractivity contribution is -0.907. The molecule has 30 heavy (non-hydrogen) atoms. The molecule has 1 heterocycles. The number of ether oxygens (including phenoxy) is 2. The summed E-state index contributed by atoms with van der Waals surface area (Å²) >= 11 is 0. The highest BCUT2D eigenvalue weighted by Gasteiger charge is 2.25. The molecular formula is C25H35N2O3+. The molecule has 0 spiro atoms. The molecule has 5 nitrogen and oxygen atoms in total. The molecule has 162 valence electrons. The standard InChI is InChI=1S/C25H34N2O3/c1-16(2)20-8-7-9-21(17(3)4)25(20)26-24(28)15-27-11-10-18-12-22(29-5)23(30-6)13-19(18)14-27/h7-9,12-13,16-17H,10-11,14-15H2,1-6H3,(H,26,28)/p+1. The summed E-state index contributed by atoms with van der Waals surface area (Å²) in [7, 11) is 3.32. The van der Waals surface area contributed by atoms with E-state index in [2.05, 4.69) is 63.3 Å². The molecule has 2 N–H and O–H groups in total. The average Bonchev–Trinajstić information content (AvgIpc) is 2.72. The van der Waals surface area contributed by atoms with Crippen molar-refractivity contribution in [1.29, 1.82) is 0 Å². The van der Waals surface area contributed by atoms with Crippen LogP contribution in [0.25, 0.3) is 0 Å². The number of hydrogen-bond donors (Lipinski definition) is 2. The monoisotopic (exact) mass is 411 g/mol. The van der Waals surface area contributed by atoms with Crippen molar-refractivity contribution < 1.29 is 19.2 Å². The molecule has 0 saturated carbocycles. The summed E-state index contributed by atoms with van der Waals surface area (Å²) in [6, 6.07) is 10.5. The highest BCUT2D eigenvalue weighted by atomic mass is 16.5. The van der Waals surface area contributed by atoms with Crippen LogP contribution in [0.1, 0.15) is 61.8 Å². The molecule has 1 atom stereocenters. The minimum atomic E-state index is 0.0731. The van der Waals surface area contributed by atoms with Crippen molar-refractivity contribution in [3.05, 3.63) is 52.6 Å². The Morgan fingerprint density at radius 3 is 2.10 bits per heavy atom. The molecule has 0 fully saturated rings. The maximum atomic E-state index is 13.0. The molecule has 0 bridgehead atoms. The van der Waals surface area contributed by atoms with E-state index >= 15 is 0 Å². The van der Waals surface area contributed by atoms with Gasteiger partial charge in [-0.3, -0.25) is 4.79 Å². The van der Waals surface area contributed by atoms with Gasteiger partial charge in [0, 0.05) is 17.7 Å². The number of quaternary nitrogens is 1. The highest BCUT2D eigenvalue weighted by molar-refractivity contribution is 5.93. The maximum absolute atomic E-state index is 13.0. The van der Waals surface area contributed by atoms with Gasteiger partial charge in [-0.1, -0.05) is 45.9 Å². The van der Waals surface area contributed by atoms with E-state index in [-0.39, 0.29) is 5.91 Å². The number of anilines is 1. The van der Waals surface area contributed by atoms with Crippen molar-refractivity contribution in [1.82, 2.24) is 0 Å². The number of benzene rings is 2. The second-order valence-corrected chi connectivity index (χ2v) is 8.75. The number of carbonyl (C=O) groups excluding carboxylic acids is 1. The summed E-state index contributed by atoms with van der Waals surface area (Å²) in [5, 5.41) is 3.25. The van der Waals surface area contributed by atoms with Crippen LogP contribution in [0.5, 0.6) is 11.5 Å². The summed E-state index contributed by atoms with van der Waals surface area (Å²) in [4.78, 5) is 14.3. The van der Waals surface area contributed by atoms with E-state index in [1.54, 1.807) is 14.2 Å². The minimum absolute atomic E-state index is 0.0731. The molecule has 1 aliphatic rings. The first-order valence-corrected chi connectivity index (χ1v) is 10.8. The smallest absolute Gasteiger partial charge is 0.279 e. The molecule has 0 aliphatic carbocycles. The fourth-order valence-corrected chi connectivity index (χ4v) is 4.29. The van der Waals surface area contributed by atoms with Crippen LogP contribution in [0.15, 0.2) is 30.3 Å². The van der Waals surface area contributed by atoms with E-state index in [1.807, 2.05) is 0 Å². The lowest BCUT2D eigenvalue weighted by Crippen LogP contribution is -3.12. The summed E-state index contributed by atoms with van der Waals surface area (Å²) in [6.45, 7) is 10.9. The SMILES string of the molecule is COc1cc2c(cc1OC)C[NH+](CC(=O)Nc1c(C(C)C)cccc1C(C)C)CC2. The summed E-state index contributed by atoms with van der Waals surface area (Å²) in [5.74, 6) is 2.30. The number of amides is 1. The third kappa shape index (κ3) is 4.78. The van der Waals surface area contributed by atoms with Gasteiger partial charge in [-0.15, -0.1) is 0 Å². The Hall–Kier alpha value is -2.53. The van der Waals surface area contributed by atoms with Crippen LogP contribution in [0.4, 0.5) is 5.69 Å². The number of hydrogen-bond acceptors (Lipinski definition) is 3. The van der Waals surface area contributed by atoms with E-state index in [0.29, 0.717) is 18.4 Å². The predicted octanol–water partition coefficient (Wildman–Crippen LogP) is 3.53. The molecule has 5 heteroatoms. The second kappa shape index (κ2) is 9.52. The van der Waals surface area contributed by atoms with Gasteiger partial charge in [0.25, 0.3) is 5.91 Å². The van der Waals surface area contributed by atoms with Gasteiger partial charge < -0.3 is 19.7 Å². The van der Waals surface area contributed by atoms with Crippen molar-refractivity contribution >= 4 is 11.6 Å². The first kappa shape index (κ1) is 22.2. The number of nitrogens with one attached hydrogen (secondary N) is 2. The second-order valence-electron chi connectivity index (χ2n) is 8.75. The van der Waals surface area contributed by atoms with Crippen LogP contribution in [0, 0.1) is 0 Å². The Morgan fingerprint density at radius 2 is 1.57 bits per heavy atom. The number of methoxy groups -OCH3 is 2. The van der Waals surface area contributed by atoms with E-state index < -0.39 is 0 Å². The van der Waals surface area contributed by atoms with E-state index in [0.717, 1.165) is 36.7 Å². The zero-order valence-electron chi connectivity index (χ0n) is 19.1. The van der Waals surface area contributed by atoms with Crippen molar-refractivity contribution in [3.63, 3.8) is 0 Å². The first-order valence-electron chi connectivity index (χ1n) is 10.8. The minimum Gasteiger partial charge on any atom is -0.493 e. The Labute approximate surface area is 180 Å². The van der Waals surface area contributed by atoms with Crippen LogP contribution >= 0.6 is 0 Å². The molecule has 3 rings (SSSR count).